The van der Waals surface area contributed by atoms with Crippen LogP contribution in [0.3, 0.4) is 0 Å². The second-order valence-electron chi connectivity index (χ2n) is 5.08. The average Bonchev–Trinajstić information content (AvgIpc) is 2.39. The SMILES string of the molecule is Cc1cc(CNC(C)C)ccc1Oc1cncc(Cl)c1. The van der Waals surface area contributed by atoms with Crippen molar-refractivity contribution in [2.24, 2.45) is 0 Å². The van der Waals surface area contributed by atoms with Crippen molar-refractivity contribution in [3.8, 4) is 11.5 Å². The van der Waals surface area contributed by atoms with E-state index in [1.54, 1.807) is 18.5 Å². The number of nitrogens with one attached hydrogen (secondary N) is 1. The van der Waals surface area contributed by atoms with Gasteiger partial charge in [0.1, 0.15) is 11.5 Å². The summed E-state index contributed by atoms with van der Waals surface area (Å²) in [7, 11) is 0. The lowest BCUT2D eigenvalue weighted by atomic mass is 10.1. The molecule has 0 saturated heterocycles. The molecule has 20 heavy (non-hydrogen) atoms. The van der Waals surface area contributed by atoms with Crippen LogP contribution in [0.5, 0.6) is 11.5 Å². The topological polar surface area (TPSA) is 34.1 Å². The largest absolute Gasteiger partial charge is 0.455 e. The summed E-state index contributed by atoms with van der Waals surface area (Å²) in [6.07, 6.45) is 3.24. The van der Waals surface area contributed by atoms with Gasteiger partial charge in [-0.1, -0.05) is 37.6 Å². The Morgan fingerprint density at radius 3 is 2.70 bits per heavy atom. The van der Waals surface area contributed by atoms with E-state index in [2.05, 4.69) is 36.3 Å². The van der Waals surface area contributed by atoms with Crippen molar-refractivity contribution in [3.05, 3.63) is 52.8 Å². The minimum absolute atomic E-state index is 0.476. The van der Waals surface area contributed by atoms with E-state index in [9.17, 15) is 0 Å². The highest BCUT2D eigenvalue weighted by Gasteiger charge is 2.04. The molecular weight excluding hydrogens is 272 g/mol. The Morgan fingerprint density at radius 2 is 2.05 bits per heavy atom. The first-order chi connectivity index (χ1) is 9.54. The summed E-state index contributed by atoms with van der Waals surface area (Å²) in [5.74, 6) is 1.47. The predicted molar refractivity (Wildman–Crippen MR) is 82.5 cm³/mol. The van der Waals surface area contributed by atoms with E-state index in [-0.39, 0.29) is 0 Å². The minimum Gasteiger partial charge on any atom is -0.455 e. The van der Waals surface area contributed by atoms with Crippen LogP contribution in [-0.4, -0.2) is 11.0 Å². The van der Waals surface area contributed by atoms with E-state index in [1.807, 2.05) is 13.0 Å². The molecule has 3 nitrogen and oxygen atoms in total. The van der Waals surface area contributed by atoms with Gasteiger partial charge in [-0.25, -0.2) is 0 Å². The molecule has 1 aromatic heterocycles. The van der Waals surface area contributed by atoms with E-state index in [1.165, 1.54) is 5.56 Å². The maximum atomic E-state index is 5.90. The zero-order valence-electron chi connectivity index (χ0n) is 12.0. The highest BCUT2D eigenvalue weighted by Crippen LogP contribution is 2.26. The van der Waals surface area contributed by atoms with Crippen LogP contribution >= 0.6 is 11.6 Å². The van der Waals surface area contributed by atoms with Gasteiger partial charge in [0, 0.05) is 24.8 Å². The molecule has 2 aromatic rings. The first-order valence-electron chi connectivity index (χ1n) is 6.66. The molecule has 0 fully saturated rings. The van der Waals surface area contributed by atoms with Gasteiger partial charge in [0.05, 0.1) is 11.2 Å². The van der Waals surface area contributed by atoms with Crippen LogP contribution in [0.25, 0.3) is 0 Å². The molecule has 0 aliphatic carbocycles. The predicted octanol–water partition coefficient (Wildman–Crippen LogP) is 4.33. The van der Waals surface area contributed by atoms with Crippen LogP contribution < -0.4 is 10.1 Å². The van der Waals surface area contributed by atoms with Gasteiger partial charge in [-0.2, -0.15) is 0 Å². The molecule has 106 valence electrons. The summed E-state index contributed by atoms with van der Waals surface area (Å²) in [6.45, 7) is 7.16. The molecule has 0 amide bonds. The van der Waals surface area contributed by atoms with E-state index >= 15 is 0 Å². The number of pyridine rings is 1. The first kappa shape index (κ1) is 14.8. The molecule has 4 heteroatoms. The number of rotatable bonds is 5. The van der Waals surface area contributed by atoms with Gasteiger partial charge in [0.25, 0.3) is 0 Å². The first-order valence-corrected chi connectivity index (χ1v) is 7.03. The average molecular weight is 291 g/mol. The molecule has 0 bridgehead atoms. The Kier molecular flexibility index (Phi) is 4.99. The van der Waals surface area contributed by atoms with E-state index in [0.717, 1.165) is 17.9 Å². The maximum absolute atomic E-state index is 5.90. The van der Waals surface area contributed by atoms with Crippen LogP contribution in [0.15, 0.2) is 36.7 Å². The van der Waals surface area contributed by atoms with E-state index in [4.69, 9.17) is 16.3 Å². The smallest absolute Gasteiger partial charge is 0.147 e. The Bertz CT molecular complexity index is 584. The van der Waals surface area contributed by atoms with Crippen molar-refractivity contribution in [1.82, 2.24) is 10.3 Å². The zero-order valence-corrected chi connectivity index (χ0v) is 12.7. The monoisotopic (exact) mass is 290 g/mol. The van der Waals surface area contributed by atoms with Gasteiger partial charge in [-0.3, -0.25) is 4.98 Å². The lowest BCUT2D eigenvalue weighted by molar-refractivity contribution is 0.476. The van der Waals surface area contributed by atoms with Gasteiger partial charge in [0.2, 0.25) is 0 Å². The fourth-order valence-electron chi connectivity index (χ4n) is 1.83. The fourth-order valence-corrected chi connectivity index (χ4v) is 2.00. The molecule has 0 spiro atoms. The molecule has 0 aliphatic heterocycles. The van der Waals surface area contributed by atoms with Gasteiger partial charge in [-0.05, 0) is 24.1 Å². The third-order valence-corrected chi connectivity index (χ3v) is 3.07. The summed E-state index contributed by atoms with van der Waals surface area (Å²) in [5.41, 5.74) is 2.33. The molecule has 0 aliphatic rings. The highest BCUT2D eigenvalue weighted by atomic mass is 35.5. The second kappa shape index (κ2) is 6.73. The number of aryl methyl sites for hydroxylation is 1. The van der Waals surface area contributed by atoms with Gasteiger partial charge in [0.15, 0.2) is 0 Å². The van der Waals surface area contributed by atoms with Crippen molar-refractivity contribution in [3.63, 3.8) is 0 Å². The zero-order chi connectivity index (χ0) is 14.5. The molecule has 0 atom stereocenters. The molecule has 0 radical (unpaired) electrons. The number of hydrogen-bond acceptors (Lipinski definition) is 3. The third-order valence-electron chi connectivity index (χ3n) is 2.86. The summed E-state index contributed by atoms with van der Waals surface area (Å²) >= 11 is 5.90. The summed E-state index contributed by atoms with van der Waals surface area (Å²) < 4.78 is 5.80. The Morgan fingerprint density at radius 1 is 1.25 bits per heavy atom. The maximum Gasteiger partial charge on any atom is 0.147 e. The fraction of sp³-hybridized carbons (Fsp3) is 0.312. The summed E-state index contributed by atoms with van der Waals surface area (Å²) in [5, 5.41) is 3.96. The minimum atomic E-state index is 0.476. The molecule has 1 N–H and O–H groups in total. The van der Waals surface area contributed by atoms with Gasteiger partial charge >= 0.3 is 0 Å². The van der Waals surface area contributed by atoms with Crippen LogP contribution in [-0.2, 0) is 6.54 Å². The number of halogens is 1. The Balaban J connectivity index is 2.09. The van der Waals surface area contributed by atoms with Crippen LogP contribution in [0.4, 0.5) is 0 Å². The lowest BCUT2D eigenvalue weighted by Crippen LogP contribution is -2.21. The van der Waals surface area contributed by atoms with Crippen molar-refractivity contribution >= 4 is 11.6 Å². The molecule has 2 rings (SSSR count). The molecule has 0 saturated carbocycles. The number of aromatic nitrogens is 1. The number of nitrogens with zero attached hydrogens (tertiary/aromatic N) is 1. The van der Waals surface area contributed by atoms with Crippen LogP contribution in [0, 0.1) is 6.92 Å². The van der Waals surface area contributed by atoms with Crippen molar-refractivity contribution in [2.75, 3.05) is 0 Å². The quantitative estimate of drug-likeness (QED) is 0.890. The summed E-state index contributed by atoms with van der Waals surface area (Å²) in [4.78, 5) is 4.01. The standard InChI is InChI=1S/C16H19ClN2O/c1-11(2)19-8-13-4-5-16(12(3)6-13)20-15-7-14(17)9-18-10-15/h4-7,9-11,19H,8H2,1-3H3. The molecule has 0 unspecified atom stereocenters. The van der Waals surface area contributed by atoms with Crippen LogP contribution in [0.2, 0.25) is 5.02 Å². The van der Waals surface area contributed by atoms with E-state index in [0.29, 0.717) is 16.8 Å². The number of ether oxygens (including phenoxy) is 1. The lowest BCUT2D eigenvalue weighted by Gasteiger charge is -2.12. The highest BCUT2D eigenvalue weighted by molar-refractivity contribution is 6.30. The second-order valence-corrected chi connectivity index (χ2v) is 5.51. The van der Waals surface area contributed by atoms with Crippen molar-refractivity contribution in [1.29, 1.82) is 0 Å². The van der Waals surface area contributed by atoms with Gasteiger partial charge in [-0.15, -0.1) is 0 Å². The molecular formula is C16H19ClN2O. The van der Waals surface area contributed by atoms with Crippen LogP contribution in [0.1, 0.15) is 25.0 Å². The summed E-state index contributed by atoms with van der Waals surface area (Å²) in [6, 6.07) is 8.40. The normalized spacial score (nSPS) is 10.8. The van der Waals surface area contributed by atoms with Crippen molar-refractivity contribution in [2.45, 2.75) is 33.4 Å². The number of hydrogen-bond donors (Lipinski definition) is 1. The van der Waals surface area contributed by atoms with Crippen molar-refractivity contribution < 1.29 is 4.74 Å². The molecule has 1 heterocycles. The number of benzene rings is 1. The third kappa shape index (κ3) is 4.22. The van der Waals surface area contributed by atoms with Gasteiger partial charge < -0.3 is 10.1 Å². The Hall–Kier alpha value is -1.58. The Labute approximate surface area is 124 Å². The molecule has 1 aromatic carbocycles. The van der Waals surface area contributed by atoms with E-state index < -0.39 is 0 Å².